The molecule has 0 saturated heterocycles. The van der Waals surface area contributed by atoms with Gasteiger partial charge in [0, 0.05) is 33.3 Å². The summed E-state index contributed by atoms with van der Waals surface area (Å²) >= 11 is 0. The Kier molecular flexibility index (Phi) is 9.64. The van der Waals surface area contributed by atoms with E-state index in [1.165, 1.54) is 10.8 Å². The molecule has 2 heterocycles. The van der Waals surface area contributed by atoms with E-state index in [0.29, 0.717) is 0 Å². The number of aryl methyl sites for hydroxylation is 1. The van der Waals surface area contributed by atoms with Gasteiger partial charge in [0.15, 0.2) is 0 Å². The van der Waals surface area contributed by atoms with Gasteiger partial charge in [-0.15, -0.1) is 71.8 Å². The summed E-state index contributed by atoms with van der Waals surface area (Å²) in [6, 6.07) is 32.9. The predicted molar refractivity (Wildman–Crippen MR) is 160 cm³/mol. The van der Waals surface area contributed by atoms with Gasteiger partial charge < -0.3 is 9.55 Å². The molecule has 0 aliphatic rings. The van der Waals surface area contributed by atoms with Gasteiger partial charge in [0.25, 0.3) is 0 Å². The number of benzene rings is 3. The maximum atomic E-state index is 4.71. The molecule has 3 aromatic carbocycles. The summed E-state index contributed by atoms with van der Waals surface area (Å²) in [4.78, 5) is 9.32. The van der Waals surface area contributed by atoms with Crippen LogP contribution in [0.5, 0.6) is 0 Å². The van der Waals surface area contributed by atoms with Crippen LogP contribution in [-0.2, 0) is 33.6 Å². The Balaban J connectivity index is 0.000000211. The normalized spacial score (nSPS) is 11.4. The molecule has 38 heavy (non-hydrogen) atoms. The average Bonchev–Trinajstić information content (AvgIpc) is 3.20. The van der Waals surface area contributed by atoms with Crippen molar-refractivity contribution in [2.75, 3.05) is 0 Å². The maximum absolute atomic E-state index is 4.71. The maximum Gasteiger partial charge on any atom is 0.0798 e. The number of fused-ring (bicyclic) bond motifs is 1. The minimum absolute atomic E-state index is 0. The summed E-state index contributed by atoms with van der Waals surface area (Å²) in [6.07, 6.45) is 3.21. The van der Waals surface area contributed by atoms with Crippen LogP contribution >= 0.6 is 0 Å². The zero-order valence-electron chi connectivity index (χ0n) is 23.5. The molecule has 0 bridgehead atoms. The Hall–Kier alpha value is -2.85. The number of para-hydroxylation sites is 2. The molecule has 3 nitrogen and oxygen atoms in total. The first-order valence-corrected chi connectivity index (χ1v) is 16.4. The summed E-state index contributed by atoms with van der Waals surface area (Å²) in [5.74, 6) is 0.960. The van der Waals surface area contributed by atoms with E-state index >= 15 is 0 Å². The second-order valence-electron chi connectivity index (χ2n) is 11.7. The summed E-state index contributed by atoms with van der Waals surface area (Å²) in [5, 5.41) is 1.48. The van der Waals surface area contributed by atoms with Gasteiger partial charge in [0.1, 0.15) is 0 Å². The van der Waals surface area contributed by atoms with Crippen molar-refractivity contribution >= 4 is 24.3 Å². The third-order valence-electron chi connectivity index (χ3n) is 6.24. The van der Waals surface area contributed by atoms with Crippen molar-refractivity contribution in [2.45, 2.75) is 46.8 Å². The molecule has 5 aromatic rings. The van der Waals surface area contributed by atoms with Crippen LogP contribution in [0.3, 0.4) is 0 Å². The molecule has 199 valence electrons. The number of rotatable bonds is 4. The van der Waals surface area contributed by atoms with Gasteiger partial charge >= 0.3 is 0 Å². The Labute approximate surface area is 242 Å². The third-order valence-corrected chi connectivity index (χ3v) is 8.31. The van der Waals surface area contributed by atoms with Gasteiger partial charge in [-0.05, 0) is 34.8 Å². The van der Waals surface area contributed by atoms with E-state index in [9.17, 15) is 0 Å². The van der Waals surface area contributed by atoms with Crippen molar-refractivity contribution in [1.82, 2.24) is 14.5 Å². The fraction of sp³-hybridized carbons (Fsp3) is 0.273. The second-order valence-corrected chi connectivity index (χ2v) is 16.8. The Morgan fingerprint density at radius 1 is 0.842 bits per heavy atom. The molecule has 5 rings (SSSR count). The fourth-order valence-corrected chi connectivity index (χ4v) is 6.08. The largest absolute Gasteiger partial charge is 0.367 e. The third kappa shape index (κ3) is 7.38. The zero-order valence-corrected chi connectivity index (χ0v) is 26.9. The van der Waals surface area contributed by atoms with Crippen LogP contribution in [0.4, 0.5) is 0 Å². The topological polar surface area (TPSA) is 30.7 Å². The summed E-state index contributed by atoms with van der Waals surface area (Å²) in [7, 11) is 0.659. The first kappa shape index (κ1) is 29.7. The van der Waals surface area contributed by atoms with E-state index in [4.69, 9.17) is 4.98 Å². The molecule has 0 spiro atoms. The van der Waals surface area contributed by atoms with Crippen LogP contribution < -0.4 is 5.19 Å². The molecule has 0 unspecified atom stereocenters. The minimum Gasteiger partial charge on any atom is -0.367 e. The number of aromatic nitrogens is 3. The van der Waals surface area contributed by atoms with Gasteiger partial charge in [0.2, 0.25) is 0 Å². The molecule has 0 aliphatic heterocycles. The van der Waals surface area contributed by atoms with Gasteiger partial charge in [-0.25, -0.2) is 0 Å². The molecule has 0 N–H and O–H groups in total. The quantitative estimate of drug-likeness (QED) is 0.143. The Bertz CT molecular complexity index is 1460. The molecule has 5 heteroatoms. The van der Waals surface area contributed by atoms with Gasteiger partial charge in [-0.3, -0.25) is 4.98 Å². The van der Waals surface area contributed by atoms with Crippen LogP contribution in [0.2, 0.25) is 19.6 Å². The molecular formula is C33H37IrN3Si-2. The fourth-order valence-electron chi connectivity index (χ4n) is 4.51. The SMILES string of the molecule is CC(C)(C)Cc1cc(-c2[c-]cccc2)ncc1[Si](C)(C)C.Cn1c(-c2[c-]cccc2)nc2ccccc21.[Ir]. The zero-order chi connectivity index (χ0) is 26.6. The molecule has 0 atom stereocenters. The summed E-state index contributed by atoms with van der Waals surface area (Å²) in [6.45, 7) is 14.1. The number of hydrogen-bond acceptors (Lipinski definition) is 2. The number of nitrogens with zero attached hydrogens (tertiary/aromatic N) is 3. The van der Waals surface area contributed by atoms with Crippen LogP contribution in [0.15, 0.2) is 85.1 Å². The standard InChI is InChI=1S/C19H26NSi.C14H11N2.Ir/c1-19(2,3)13-16-12-17(15-10-8-7-9-11-15)20-14-18(16)21(4,5)6;1-16-13-10-6-5-9-12(13)15-14(16)11-7-3-2-4-8-11;/h7-10,12,14H,13H2,1-6H3;2-7,9-10H,1H3;/q2*-1;. The molecule has 1 radical (unpaired) electrons. The van der Waals surface area contributed by atoms with Crippen LogP contribution in [0.25, 0.3) is 33.7 Å². The van der Waals surface area contributed by atoms with Gasteiger partial charge in [0.05, 0.1) is 24.9 Å². The summed E-state index contributed by atoms with van der Waals surface area (Å²) in [5.41, 5.74) is 7.07. The van der Waals surface area contributed by atoms with Crippen molar-refractivity contribution in [3.63, 3.8) is 0 Å². The number of pyridine rings is 1. The van der Waals surface area contributed by atoms with E-state index in [-0.39, 0.29) is 25.5 Å². The first-order valence-electron chi connectivity index (χ1n) is 12.9. The summed E-state index contributed by atoms with van der Waals surface area (Å²) < 4.78 is 2.10. The molecule has 0 fully saturated rings. The van der Waals surface area contributed by atoms with E-state index in [0.717, 1.165) is 40.1 Å². The number of imidazole rings is 1. The molecule has 0 amide bonds. The van der Waals surface area contributed by atoms with Crippen molar-refractivity contribution in [1.29, 1.82) is 0 Å². The van der Waals surface area contributed by atoms with E-state index in [2.05, 4.69) is 86.5 Å². The van der Waals surface area contributed by atoms with Crippen molar-refractivity contribution < 1.29 is 20.1 Å². The van der Waals surface area contributed by atoms with Gasteiger partial charge in [-0.2, -0.15) is 0 Å². The second kappa shape index (κ2) is 12.3. The van der Waals surface area contributed by atoms with E-state index in [1.807, 2.05) is 67.7 Å². The predicted octanol–water partition coefficient (Wildman–Crippen LogP) is 7.72. The Morgan fingerprint density at radius 2 is 1.45 bits per heavy atom. The van der Waals surface area contributed by atoms with E-state index < -0.39 is 8.07 Å². The van der Waals surface area contributed by atoms with Gasteiger partial charge in [-0.1, -0.05) is 64.2 Å². The first-order chi connectivity index (χ1) is 17.5. The smallest absolute Gasteiger partial charge is 0.0798 e. The molecule has 2 aromatic heterocycles. The monoisotopic (exact) mass is 696 g/mol. The van der Waals surface area contributed by atoms with Crippen molar-refractivity contribution in [2.24, 2.45) is 12.5 Å². The minimum atomic E-state index is -1.37. The van der Waals surface area contributed by atoms with Crippen molar-refractivity contribution in [3.8, 4) is 22.6 Å². The Morgan fingerprint density at radius 3 is 2.00 bits per heavy atom. The van der Waals surface area contributed by atoms with Crippen LogP contribution in [0, 0.1) is 17.5 Å². The van der Waals surface area contributed by atoms with Crippen LogP contribution in [0.1, 0.15) is 26.3 Å². The average molecular weight is 696 g/mol. The van der Waals surface area contributed by atoms with Crippen LogP contribution in [-0.4, -0.2) is 22.6 Å². The van der Waals surface area contributed by atoms with Crippen molar-refractivity contribution in [3.05, 3.63) is 103 Å². The van der Waals surface area contributed by atoms with E-state index in [1.54, 1.807) is 0 Å². The number of hydrogen-bond donors (Lipinski definition) is 0. The molecule has 0 aliphatic carbocycles. The molecule has 0 saturated carbocycles. The molecular weight excluding hydrogens is 659 g/mol.